The molecule has 1 aliphatic rings. The maximum absolute atomic E-state index is 5.36. The fraction of sp³-hybridized carbons (Fsp3) is 0.444. The Morgan fingerprint density at radius 3 is 2.68 bits per heavy atom. The third-order valence-corrected chi connectivity index (χ3v) is 4.70. The van der Waals surface area contributed by atoms with Crippen molar-refractivity contribution in [1.82, 2.24) is 0 Å². The summed E-state index contributed by atoms with van der Waals surface area (Å²) < 4.78 is 5.36. The fourth-order valence-electron chi connectivity index (χ4n) is 3.49. The molecule has 0 atom stereocenters. The fourth-order valence-corrected chi connectivity index (χ4v) is 3.49. The summed E-state index contributed by atoms with van der Waals surface area (Å²) in [6.45, 7) is 7.02. The van der Waals surface area contributed by atoms with Gasteiger partial charge in [0.1, 0.15) is 5.75 Å². The molecule has 1 nitrogen and oxygen atoms in total. The van der Waals surface area contributed by atoms with Crippen LogP contribution in [0.5, 0.6) is 5.75 Å². The van der Waals surface area contributed by atoms with Crippen LogP contribution >= 0.6 is 0 Å². The van der Waals surface area contributed by atoms with Crippen molar-refractivity contribution in [2.45, 2.75) is 45.4 Å². The molecule has 19 heavy (non-hydrogen) atoms. The minimum Gasteiger partial charge on any atom is -0.497 e. The molecule has 0 saturated carbocycles. The number of benzene rings is 2. The highest BCUT2D eigenvalue weighted by Gasteiger charge is 2.28. The van der Waals surface area contributed by atoms with Crippen LogP contribution in [0.4, 0.5) is 0 Å². The smallest absolute Gasteiger partial charge is 0.119 e. The Labute approximate surface area is 115 Å². The van der Waals surface area contributed by atoms with Crippen LogP contribution in [0.3, 0.4) is 0 Å². The Morgan fingerprint density at radius 2 is 1.95 bits per heavy atom. The van der Waals surface area contributed by atoms with Crippen molar-refractivity contribution in [3.05, 3.63) is 41.0 Å². The van der Waals surface area contributed by atoms with Gasteiger partial charge >= 0.3 is 0 Å². The van der Waals surface area contributed by atoms with Gasteiger partial charge in [0.15, 0.2) is 0 Å². The average Bonchev–Trinajstić information content (AvgIpc) is 2.40. The lowest BCUT2D eigenvalue weighted by Crippen LogP contribution is -2.24. The van der Waals surface area contributed by atoms with Gasteiger partial charge in [-0.15, -0.1) is 0 Å². The van der Waals surface area contributed by atoms with E-state index >= 15 is 0 Å². The number of fused-ring (bicyclic) bond motifs is 2. The molecule has 0 heterocycles. The molecule has 0 unspecified atom stereocenters. The summed E-state index contributed by atoms with van der Waals surface area (Å²) in [5.41, 5.74) is 4.87. The highest BCUT2D eigenvalue weighted by atomic mass is 16.5. The van der Waals surface area contributed by atoms with Gasteiger partial charge in [-0.05, 0) is 71.2 Å². The number of rotatable bonds is 1. The van der Waals surface area contributed by atoms with Crippen molar-refractivity contribution in [3.8, 4) is 5.75 Å². The van der Waals surface area contributed by atoms with Crippen LogP contribution in [-0.4, -0.2) is 7.11 Å². The van der Waals surface area contributed by atoms with Gasteiger partial charge in [-0.2, -0.15) is 0 Å². The molecule has 100 valence electrons. The summed E-state index contributed by atoms with van der Waals surface area (Å²) in [5.74, 6) is 0.950. The van der Waals surface area contributed by atoms with Crippen molar-refractivity contribution in [2.24, 2.45) is 0 Å². The summed E-state index contributed by atoms with van der Waals surface area (Å²) in [5, 5.41) is 2.68. The van der Waals surface area contributed by atoms with E-state index in [9.17, 15) is 0 Å². The van der Waals surface area contributed by atoms with E-state index in [4.69, 9.17) is 4.74 Å². The van der Waals surface area contributed by atoms with Gasteiger partial charge < -0.3 is 4.74 Å². The zero-order valence-corrected chi connectivity index (χ0v) is 12.3. The number of hydrogen-bond donors (Lipinski definition) is 0. The molecule has 0 bridgehead atoms. The first-order chi connectivity index (χ1) is 9.03. The second kappa shape index (κ2) is 4.26. The van der Waals surface area contributed by atoms with Crippen molar-refractivity contribution in [3.63, 3.8) is 0 Å². The van der Waals surface area contributed by atoms with Gasteiger partial charge in [0, 0.05) is 0 Å². The Bertz CT molecular complexity index is 638. The molecule has 1 aliphatic carbocycles. The van der Waals surface area contributed by atoms with Crippen molar-refractivity contribution in [2.75, 3.05) is 7.11 Å². The SMILES string of the molecule is COc1ccc2cc3c(c(C)c2c1)CCCC3(C)C. The lowest BCUT2D eigenvalue weighted by atomic mass is 9.71. The van der Waals surface area contributed by atoms with Crippen LogP contribution < -0.4 is 4.74 Å². The lowest BCUT2D eigenvalue weighted by Gasteiger charge is -2.34. The van der Waals surface area contributed by atoms with Gasteiger partial charge in [-0.1, -0.05) is 26.0 Å². The predicted octanol–water partition coefficient (Wildman–Crippen LogP) is 4.77. The van der Waals surface area contributed by atoms with Crippen LogP contribution in [0, 0.1) is 6.92 Å². The minimum absolute atomic E-state index is 0.312. The predicted molar refractivity (Wildman–Crippen MR) is 81.2 cm³/mol. The molecule has 0 N–H and O–H groups in total. The molecule has 0 saturated heterocycles. The van der Waals surface area contributed by atoms with E-state index in [-0.39, 0.29) is 0 Å². The van der Waals surface area contributed by atoms with E-state index in [1.807, 2.05) is 0 Å². The van der Waals surface area contributed by atoms with E-state index < -0.39 is 0 Å². The third-order valence-electron chi connectivity index (χ3n) is 4.70. The van der Waals surface area contributed by atoms with Gasteiger partial charge in [-0.25, -0.2) is 0 Å². The molecule has 0 radical (unpaired) electrons. The normalized spacial score (nSPS) is 17.3. The highest BCUT2D eigenvalue weighted by Crippen LogP contribution is 2.41. The molecule has 0 aromatic heterocycles. The van der Waals surface area contributed by atoms with Gasteiger partial charge in [0.05, 0.1) is 7.11 Å². The standard InChI is InChI=1S/C18H22O/c1-12-15-6-5-9-18(2,3)17(15)10-13-7-8-14(19-4)11-16(12)13/h7-8,10-11H,5-6,9H2,1-4H3. The zero-order chi connectivity index (χ0) is 13.6. The van der Waals surface area contributed by atoms with Crippen molar-refractivity contribution >= 4 is 10.8 Å². The second-order valence-electron chi connectivity index (χ2n) is 6.35. The topological polar surface area (TPSA) is 9.23 Å². The van der Waals surface area contributed by atoms with Crippen LogP contribution in [0.25, 0.3) is 10.8 Å². The van der Waals surface area contributed by atoms with Gasteiger partial charge in [0.2, 0.25) is 0 Å². The van der Waals surface area contributed by atoms with Crippen LogP contribution in [0.2, 0.25) is 0 Å². The Morgan fingerprint density at radius 1 is 1.16 bits per heavy atom. The summed E-state index contributed by atoms with van der Waals surface area (Å²) in [7, 11) is 1.73. The monoisotopic (exact) mass is 254 g/mol. The first kappa shape index (κ1) is 12.5. The third kappa shape index (κ3) is 1.92. The molecule has 1 heteroatoms. The summed E-state index contributed by atoms with van der Waals surface area (Å²) in [6.07, 6.45) is 3.81. The van der Waals surface area contributed by atoms with E-state index in [2.05, 4.69) is 45.0 Å². The van der Waals surface area contributed by atoms with Gasteiger partial charge in [0.25, 0.3) is 0 Å². The second-order valence-corrected chi connectivity index (χ2v) is 6.35. The maximum atomic E-state index is 5.36. The highest BCUT2D eigenvalue weighted by molar-refractivity contribution is 5.89. The first-order valence-electron chi connectivity index (χ1n) is 7.13. The maximum Gasteiger partial charge on any atom is 0.119 e. The molecular weight excluding hydrogens is 232 g/mol. The minimum atomic E-state index is 0.312. The van der Waals surface area contributed by atoms with Crippen molar-refractivity contribution < 1.29 is 4.74 Å². The number of hydrogen-bond acceptors (Lipinski definition) is 1. The zero-order valence-electron chi connectivity index (χ0n) is 12.3. The number of methoxy groups -OCH3 is 1. The Kier molecular flexibility index (Phi) is 2.81. The van der Waals surface area contributed by atoms with Crippen LogP contribution in [-0.2, 0) is 11.8 Å². The Hall–Kier alpha value is -1.50. The largest absolute Gasteiger partial charge is 0.497 e. The van der Waals surface area contributed by atoms with Crippen LogP contribution in [0.15, 0.2) is 24.3 Å². The first-order valence-corrected chi connectivity index (χ1v) is 7.13. The van der Waals surface area contributed by atoms with Crippen molar-refractivity contribution in [1.29, 1.82) is 0 Å². The van der Waals surface area contributed by atoms with Crippen LogP contribution in [0.1, 0.15) is 43.4 Å². The quantitative estimate of drug-likeness (QED) is 0.712. The Balaban J connectivity index is 2.32. The molecule has 0 amide bonds. The summed E-state index contributed by atoms with van der Waals surface area (Å²) in [4.78, 5) is 0. The van der Waals surface area contributed by atoms with E-state index in [0.717, 1.165) is 5.75 Å². The summed E-state index contributed by atoms with van der Waals surface area (Å²) in [6, 6.07) is 8.82. The number of aryl methyl sites for hydroxylation is 1. The summed E-state index contributed by atoms with van der Waals surface area (Å²) >= 11 is 0. The molecule has 3 rings (SSSR count). The molecule has 0 fully saturated rings. The molecule has 2 aromatic rings. The molecule has 0 aliphatic heterocycles. The van der Waals surface area contributed by atoms with E-state index in [1.165, 1.54) is 35.6 Å². The average molecular weight is 254 g/mol. The molecule has 0 spiro atoms. The van der Waals surface area contributed by atoms with E-state index in [1.54, 1.807) is 18.2 Å². The number of ether oxygens (including phenoxy) is 1. The van der Waals surface area contributed by atoms with Gasteiger partial charge in [-0.3, -0.25) is 0 Å². The molecular formula is C18H22O. The lowest BCUT2D eigenvalue weighted by molar-refractivity contribution is 0.415. The van der Waals surface area contributed by atoms with E-state index in [0.29, 0.717) is 5.41 Å². The molecule has 2 aromatic carbocycles.